The predicted octanol–water partition coefficient (Wildman–Crippen LogP) is 2.58. The summed E-state index contributed by atoms with van der Waals surface area (Å²) >= 11 is 0. The van der Waals surface area contributed by atoms with Crippen molar-refractivity contribution in [3.8, 4) is 0 Å². The number of hydrogen-bond acceptors (Lipinski definition) is 1. The Kier molecular flexibility index (Phi) is 4.26. The van der Waals surface area contributed by atoms with Gasteiger partial charge in [-0.1, -0.05) is 26.2 Å². The van der Waals surface area contributed by atoms with Gasteiger partial charge in [-0.15, -0.1) is 0 Å². The molecule has 0 radical (unpaired) electrons. The van der Waals surface area contributed by atoms with E-state index < -0.39 is 0 Å². The van der Waals surface area contributed by atoms with Gasteiger partial charge in [0.1, 0.15) is 0 Å². The van der Waals surface area contributed by atoms with Gasteiger partial charge in [0.15, 0.2) is 0 Å². The molecule has 76 valence electrons. The first kappa shape index (κ1) is 10.6. The number of carbonyl (C=O) groups excluding carboxylic acids is 1. The van der Waals surface area contributed by atoms with Crippen LogP contribution in [0.4, 0.5) is 0 Å². The first-order valence-corrected chi connectivity index (χ1v) is 5.53. The second kappa shape index (κ2) is 5.25. The van der Waals surface area contributed by atoms with Crippen molar-refractivity contribution < 1.29 is 4.79 Å². The molecule has 2 nitrogen and oxygen atoms in total. The van der Waals surface area contributed by atoms with Gasteiger partial charge in [-0.2, -0.15) is 0 Å². The van der Waals surface area contributed by atoms with Crippen LogP contribution in [0, 0.1) is 0 Å². The summed E-state index contributed by atoms with van der Waals surface area (Å²) in [6.07, 6.45) is 7.49. The summed E-state index contributed by atoms with van der Waals surface area (Å²) in [6, 6.07) is 0.547. The highest BCUT2D eigenvalue weighted by Gasteiger charge is 2.21. The Hall–Kier alpha value is -0.530. The third-order valence-electron chi connectivity index (χ3n) is 2.88. The van der Waals surface area contributed by atoms with Gasteiger partial charge >= 0.3 is 0 Å². The molecule has 0 heterocycles. The van der Waals surface area contributed by atoms with E-state index in [-0.39, 0.29) is 5.91 Å². The van der Waals surface area contributed by atoms with E-state index in [0.29, 0.717) is 6.04 Å². The monoisotopic (exact) mass is 183 g/mol. The summed E-state index contributed by atoms with van der Waals surface area (Å²) in [6.45, 7) is 4.78. The van der Waals surface area contributed by atoms with Gasteiger partial charge in [0.25, 0.3) is 0 Å². The Morgan fingerprint density at radius 2 is 1.92 bits per heavy atom. The fraction of sp³-hybridized carbons (Fsp3) is 0.909. The molecule has 1 aliphatic carbocycles. The second-order valence-corrected chi connectivity index (χ2v) is 4.00. The maximum absolute atomic E-state index is 11.4. The summed E-state index contributed by atoms with van der Waals surface area (Å²) in [7, 11) is 0. The first-order valence-electron chi connectivity index (χ1n) is 5.53. The van der Waals surface area contributed by atoms with Crippen molar-refractivity contribution >= 4 is 5.91 Å². The number of hydrogen-bond donors (Lipinski definition) is 0. The minimum absolute atomic E-state index is 0.258. The molecule has 1 amide bonds. The fourth-order valence-corrected chi connectivity index (χ4v) is 2.23. The average molecular weight is 183 g/mol. The normalized spacial score (nSPS) is 18.6. The molecule has 0 atom stereocenters. The largest absolute Gasteiger partial charge is 0.340 e. The molecule has 0 N–H and O–H groups in total. The summed E-state index contributed by atoms with van der Waals surface area (Å²) < 4.78 is 0. The summed E-state index contributed by atoms with van der Waals surface area (Å²) in [4.78, 5) is 13.4. The van der Waals surface area contributed by atoms with Crippen molar-refractivity contribution in [3.63, 3.8) is 0 Å². The van der Waals surface area contributed by atoms with Gasteiger partial charge < -0.3 is 4.90 Å². The number of carbonyl (C=O) groups is 1. The van der Waals surface area contributed by atoms with E-state index in [9.17, 15) is 4.79 Å². The highest BCUT2D eigenvalue weighted by Crippen LogP contribution is 2.22. The van der Waals surface area contributed by atoms with Gasteiger partial charge in [0, 0.05) is 19.5 Å². The predicted molar refractivity (Wildman–Crippen MR) is 54.6 cm³/mol. The Morgan fingerprint density at radius 3 is 2.38 bits per heavy atom. The third kappa shape index (κ3) is 3.02. The van der Waals surface area contributed by atoms with Crippen LogP contribution in [0.2, 0.25) is 0 Å². The van der Waals surface area contributed by atoms with Crippen molar-refractivity contribution in [2.24, 2.45) is 0 Å². The highest BCUT2D eigenvalue weighted by molar-refractivity contribution is 5.73. The van der Waals surface area contributed by atoms with Crippen molar-refractivity contribution in [2.45, 2.75) is 58.4 Å². The molecule has 0 aromatic rings. The Bertz CT molecular complexity index is 161. The van der Waals surface area contributed by atoms with E-state index in [1.807, 2.05) is 0 Å². The molecular formula is C11H21NO. The van der Waals surface area contributed by atoms with Crippen LogP contribution < -0.4 is 0 Å². The molecule has 0 bridgehead atoms. The lowest BCUT2D eigenvalue weighted by Crippen LogP contribution is -2.40. The molecule has 1 rings (SSSR count). The van der Waals surface area contributed by atoms with Crippen LogP contribution in [-0.2, 0) is 4.79 Å². The van der Waals surface area contributed by atoms with Crippen LogP contribution in [0.25, 0.3) is 0 Å². The van der Waals surface area contributed by atoms with Crippen LogP contribution in [-0.4, -0.2) is 23.4 Å². The minimum atomic E-state index is 0.258. The molecule has 0 aromatic heterocycles. The van der Waals surface area contributed by atoms with Gasteiger partial charge in [-0.25, -0.2) is 0 Å². The van der Waals surface area contributed by atoms with Crippen molar-refractivity contribution in [1.82, 2.24) is 4.90 Å². The molecule has 1 fully saturated rings. The lowest BCUT2D eigenvalue weighted by atomic mass is 9.94. The van der Waals surface area contributed by atoms with E-state index >= 15 is 0 Å². The minimum Gasteiger partial charge on any atom is -0.340 e. The summed E-state index contributed by atoms with van der Waals surface area (Å²) in [5.41, 5.74) is 0. The Morgan fingerprint density at radius 1 is 1.31 bits per heavy atom. The molecule has 1 saturated carbocycles. The van der Waals surface area contributed by atoms with E-state index in [4.69, 9.17) is 0 Å². The van der Waals surface area contributed by atoms with E-state index in [2.05, 4.69) is 11.8 Å². The van der Waals surface area contributed by atoms with Crippen LogP contribution in [0.1, 0.15) is 52.4 Å². The lowest BCUT2D eigenvalue weighted by Gasteiger charge is -2.33. The molecule has 0 aliphatic heterocycles. The lowest BCUT2D eigenvalue weighted by molar-refractivity contribution is -0.131. The van der Waals surface area contributed by atoms with Crippen molar-refractivity contribution in [2.75, 3.05) is 6.54 Å². The molecule has 0 aromatic carbocycles. The Balaban J connectivity index is 2.46. The molecule has 1 aliphatic rings. The molecule has 0 unspecified atom stereocenters. The molecular weight excluding hydrogens is 162 g/mol. The van der Waals surface area contributed by atoms with Crippen LogP contribution in [0.5, 0.6) is 0 Å². The highest BCUT2D eigenvalue weighted by atomic mass is 16.2. The second-order valence-electron chi connectivity index (χ2n) is 4.00. The SMILES string of the molecule is CCCN(C(C)=O)C1CCCCC1. The maximum Gasteiger partial charge on any atom is 0.219 e. The smallest absolute Gasteiger partial charge is 0.219 e. The topological polar surface area (TPSA) is 20.3 Å². The number of amides is 1. The fourth-order valence-electron chi connectivity index (χ4n) is 2.23. The third-order valence-corrected chi connectivity index (χ3v) is 2.88. The summed E-state index contributed by atoms with van der Waals surface area (Å²) in [5.74, 6) is 0.258. The van der Waals surface area contributed by atoms with Gasteiger partial charge in [-0.05, 0) is 19.3 Å². The van der Waals surface area contributed by atoms with Gasteiger partial charge in [0.2, 0.25) is 5.91 Å². The van der Waals surface area contributed by atoms with Crippen LogP contribution >= 0.6 is 0 Å². The average Bonchev–Trinajstić information content (AvgIpc) is 2.15. The van der Waals surface area contributed by atoms with Crippen molar-refractivity contribution in [1.29, 1.82) is 0 Å². The zero-order chi connectivity index (χ0) is 9.68. The zero-order valence-electron chi connectivity index (χ0n) is 8.88. The van der Waals surface area contributed by atoms with E-state index in [1.165, 1.54) is 32.1 Å². The molecule has 0 saturated heterocycles. The standard InChI is InChI=1S/C11H21NO/c1-3-9-12(10(2)13)11-7-5-4-6-8-11/h11H,3-9H2,1-2H3. The maximum atomic E-state index is 11.4. The number of rotatable bonds is 3. The van der Waals surface area contributed by atoms with Crippen molar-refractivity contribution in [3.05, 3.63) is 0 Å². The van der Waals surface area contributed by atoms with Gasteiger partial charge in [-0.3, -0.25) is 4.79 Å². The summed E-state index contributed by atoms with van der Waals surface area (Å²) in [5, 5.41) is 0. The molecule has 2 heteroatoms. The molecule has 0 spiro atoms. The number of nitrogens with zero attached hydrogens (tertiary/aromatic N) is 1. The first-order chi connectivity index (χ1) is 6.25. The van der Waals surface area contributed by atoms with E-state index in [1.54, 1.807) is 6.92 Å². The van der Waals surface area contributed by atoms with Gasteiger partial charge in [0.05, 0.1) is 0 Å². The van der Waals surface area contributed by atoms with E-state index in [0.717, 1.165) is 13.0 Å². The Labute approximate surface area is 81.3 Å². The zero-order valence-corrected chi connectivity index (χ0v) is 8.88. The van der Waals surface area contributed by atoms with Crippen LogP contribution in [0.15, 0.2) is 0 Å². The quantitative estimate of drug-likeness (QED) is 0.658. The van der Waals surface area contributed by atoms with Crippen LogP contribution in [0.3, 0.4) is 0 Å². The molecule has 13 heavy (non-hydrogen) atoms.